The highest BCUT2D eigenvalue weighted by atomic mass is 35.5. The van der Waals surface area contributed by atoms with Crippen molar-refractivity contribution in [1.82, 2.24) is 4.72 Å². The summed E-state index contributed by atoms with van der Waals surface area (Å²) in [5.41, 5.74) is 2.25. The van der Waals surface area contributed by atoms with Crippen LogP contribution in [-0.4, -0.2) is 46.0 Å². The van der Waals surface area contributed by atoms with E-state index < -0.39 is 15.4 Å². The van der Waals surface area contributed by atoms with E-state index in [1.165, 1.54) is 0 Å². The van der Waals surface area contributed by atoms with Crippen LogP contribution in [0.15, 0.2) is 36.4 Å². The van der Waals surface area contributed by atoms with Gasteiger partial charge in [0, 0.05) is 17.8 Å². The summed E-state index contributed by atoms with van der Waals surface area (Å²) >= 11 is 18.7. The van der Waals surface area contributed by atoms with Gasteiger partial charge >= 0.3 is 0 Å². The number of benzene rings is 2. The third-order valence-corrected chi connectivity index (χ3v) is 6.42. The average molecular weight is 522 g/mol. The molecule has 2 rings (SSSR count). The summed E-state index contributed by atoms with van der Waals surface area (Å²) in [4.78, 5) is 11.8. The van der Waals surface area contributed by atoms with Crippen LogP contribution in [0.3, 0.4) is 0 Å². The lowest BCUT2D eigenvalue weighted by Gasteiger charge is -2.27. The van der Waals surface area contributed by atoms with Gasteiger partial charge < -0.3 is 10.1 Å². The van der Waals surface area contributed by atoms with Crippen molar-refractivity contribution in [3.63, 3.8) is 0 Å². The van der Waals surface area contributed by atoms with Crippen molar-refractivity contribution in [1.29, 1.82) is 0 Å². The minimum Gasteiger partial charge on any atom is -0.486 e. The van der Waals surface area contributed by atoms with E-state index in [0.717, 1.165) is 23.8 Å². The molecule has 0 fully saturated rings. The van der Waals surface area contributed by atoms with Crippen LogP contribution >= 0.6 is 34.8 Å². The number of hydrogen-bond acceptors (Lipinski definition) is 5. The van der Waals surface area contributed by atoms with Gasteiger partial charge in [0.2, 0.25) is 10.0 Å². The zero-order valence-electron chi connectivity index (χ0n) is 18.2. The number of alkyl halides is 1. The predicted molar refractivity (Wildman–Crippen MR) is 132 cm³/mol. The van der Waals surface area contributed by atoms with Crippen molar-refractivity contribution in [2.45, 2.75) is 25.7 Å². The van der Waals surface area contributed by atoms with Crippen LogP contribution in [0, 0.1) is 0 Å². The van der Waals surface area contributed by atoms with Crippen molar-refractivity contribution in [2.75, 3.05) is 37.1 Å². The smallest absolute Gasteiger partial charge is 0.209 e. The number of hydrogen-bond donors (Lipinski definition) is 2. The fourth-order valence-electron chi connectivity index (χ4n) is 2.94. The first-order valence-corrected chi connectivity index (χ1v) is 13.1. The Balaban J connectivity index is 2.08. The minimum atomic E-state index is -3.42. The molecule has 0 radical (unpaired) electrons. The Bertz CT molecular complexity index is 1020. The molecular weight excluding hydrogens is 495 g/mol. The van der Waals surface area contributed by atoms with Crippen LogP contribution in [0.4, 0.5) is 5.69 Å². The predicted octanol–water partition coefficient (Wildman–Crippen LogP) is 4.86. The molecule has 0 atom stereocenters. The maximum Gasteiger partial charge on any atom is 0.209 e. The highest BCUT2D eigenvalue weighted by molar-refractivity contribution is 7.88. The lowest BCUT2D eigenvalue weighted by atomic mass is 9.78. The molecule has 0 amide bonds. The first-order chi connectivity index (χ1) is 14.9. The van der Waals surface area contributed by atoms with Gasteiger partial charge in [-0.3, -0.25) is 4.79 Å². The summed E-state index contributed by atoms with van der Waals surface area (Å²) in [6.45, 7) is 4.27. The second kappa shape index (κ2) is 11.6. The van der Waals surface area contributed by atoms with E-state index in [2.05, 4.69) is 23.9 Å². The molecule has 0 spiro atoms. The number of carbonyl (C=O) groups excluding carboxylic acids is 1. The van der Waals surface area contributed by atoms with Crippen molar-refractivity contribution in [3.05, 3.63) is 57.6 Å². The Morgan fingerprint density at radius 3 is 2.19 bits per heavy atom. The molecule has 0 saturated carbocycles. The standard InChI is InChI=1S/C22H27Cl3N2O4S/c1-22(2,16-11-19(24)21(20(25)12-16)26-10-4-9-23)15-5-7-18(8-6-15)31-14-17(28)13-27-32(3,29)30/h5-8,11-12,26-27H,4,9-10,13-14H2,1-3H3. The van der Waals surface area contributed by atoms with Gasteiger partial charge in [-0.25, -0.2) is 13.1 Å². The van der Waals surface area contributed by atoms with Gasteiger partial charge in [-0.2, -0.15) is 0 Å². The quantitative estimate of drug-likeness (QED) is 0.308. The topological polar surface area (TPSA) is 84.5 Å². The molecule has 0 aliphatic carbocycles. The summed E-state index contributed by atoms with van der Waals surface area (Å²) in [6.07, 6.45) is 1.79. The fraction of sp³-hybridized carbons (Fsp3) is 0.409. The molecule has 0 aromatic heterocycles. The Morgan fingerprint density at radius 2 is 1.66 bits per heavy atom. The van der Waals surface area contributed by atoms with Gasteiger partial charge in [0.15, 0.2) is 5.78 Å². The number of anilines is 1. The number of carbonyl (C=O) groups is 1. The molecule has 0 aliphatic heterocycles. The molecule has 0 unspecified atom stereocenters. The van der Waals surface area contributed by atoms with Crippen molar-refractivity contribution in [2.24, 2.45) is 0 Å². The molecule has 0 bridgehead atoms. The number of halogens is 3. The van der Waals surface area contributed by atoms with E-state index in [9.17, 15) is 13.2 Å². The first kappa shape index (κ1) is 26.7. The Kier molecular flexibility index (Phi) is 9.67. The van der Waals surface area contributed by atoms with E-state index >= 15 is 0 Å². The van der Waals surface area contributed by atoms with Crippen molar-refractivity contribution in [3.8, 4) is 5.75 Å². The van der Waals surface area contributed by atoms with Gasteiger partial charge in [0.25, 0.3) is 0 Å². The van der Waals surface area contributed by atoms with E-state index in [4.69, 9.17) is 39.5 Å². The molecule has 6 nitrogen and oxygen atoms in total. The number of nitrogens with one attached hydrogen (secondary N) is 2. The van der Waals surface area contributed by atoms with Crippen LogP contribution in [0.5, 0.6) is 5.75 Å². The van der Waals surface area contributed by atoms with Crippen LogP contribution < -0.4 is 14.8 Å². The molecular formula is C22H27Cl3N2O4S. The summed E-state index contributed by atoms with van der Waals surface area (Å²) in [5, 5.41) is 4.29. The molecule has 2 aromatic rings. The highest BCUT2D eigenvalue weighted by Gasteiger charge is 2.25. The van der Waals surface area contributed by atoms with Crippen LogP contribution in [-0.2, 0) is 20.2 Å². The third kappa shape index (κ3) is 7.81. The number of rotatable bonds is 12. The van der Waals surface area contributed by atoms with Gasteiger partial charge in [0.05, 0.1) is 28.5 Å². The van der Waals surface area contributed by atoms with E-state index in [0.29, 0.717) is 33.9 Å². The largest absolute Gasteiger partial charge is 0.486 e. The van der Waals surface area contributed by atoms with E-state index in [-0.39, 0.29) is 18.9 Å². The molecule has 2 aromatic carbocycles. The second-order valence-corrected chi connectivity index (χ2v) is 10.9. The summed E-state index contributed by atoms with van der Waals surface area (Å²) in [7, 11) is -3.42. The second-order valence-electron chi connectivity index (χ2n) is 7.85. The van der Waals surface area contributed by atoms with Gasteiger partial charge in [-0.05, 0) is 41.8 Å². The lowest BCUT2D eigenvalue weighted by Crippen LogP contribution is -2.31. The van der Waals surface area contributed by atoms with Crippen LogP contribution in [0.1, 0.15) is 31.4 Å². The van der Waals surface area contributed by atoms with Crippen molar-refractivity contribution >= 4 is 56.3 Å². The molecule has 176 valence electrons. The number of ketones is 1. The van der Waals surface area contributed by atoms with E-state index in [1.54, 1.807) is 12.1 Å². The summed E-state index contributed by atoms with van der Waals surface area (Å²) in [5.74, 6) is 0.690. The lowest BCUT2D eigenvalue weighted by molar-refractivity contribution is -0.119. The monoisotopic (exact) mass is 520 g/mol. The van der Waals surface area contributed by atoms with Gasteiger partial charge in [0.1, 0.15) is 12.4 Å². The maximum absolute atomic E-state index is 11.8. The average Bonchev–Trinajstić information content (AvgIpc) is 2.72. The Labute approximate surface area is 204 Å². The molecule has 0 aliphatic rings. The normalized spacial score (nSPS) is 11.9. The first-order valence-electron chi connectivity index (χ1n) is 9.93. The zero-order valence-corrected chi connectivity index (χ0v) is 21.3. The number of Topliss-reactive ketones (excluding diaryl/α,β-unsaturated/α-hetero) is 1. The molecule has 0 heterocycles. The molecule has 2 N–H and O–H groups in total. The SMILES string of the molecule is CC(C)(c1ccc(OCC(=O)CNS(C)(=O)=O)cc1)c1cc(Cl)c(NCCCCl)c(Cl)c1. The maximum atomic E-state index is 11.8. The van der Waals surface area contributed by atoms with Gasteiger partial charge in [-0.15, -0.1) is 11.6 Å². The van der Waals surface area contributed by atoms with Crippen LogP contribution in [0.25, 0.3) is 0 Å². The number of sulfonamides is 1. The summed E-state index contributed by atoms with van der Waals surface area (Å²) < 4.78 is 29.7. The molecule has 10 heteroatoms. The highest BCUT2D eigenvalue weighted by Crippen LogP contribution is 2.39. The van der Waals surface area contributed by atoms with E-state index in [1.807, 2.05) is 24.3 Å². The Morgan fingerprint density at radius 1 is 1.06 bits per heavy atom. The fourth-order valence-corrected chi connectivity index (χ4v) is 4.12. The Hall–Kier alpha value is -1.51. The van der Waals surface area contributed by atoms with Crippen molar-refractivity contribution < 1.29 is 17.9 Å². The number of ether oxygens (including phenoxy) is 1. The van der Waals surface area contributed by atoms with Crippen LogP contribution in [0.2, 0.25) is 10.0 Å². The third-order valence-electron chi connectivity index (χ3n) is 4.88. The molecule has 32 heavy (non-hydrogen) atoms. The minimum absolute atomic E-state index is 0.228. The van der Waals surface area contributed by atoms with Gasteiger partial charge in [-0.1, -0.05) is 49.2 Å². The zero-order chi connectivity index (χ0) is 23.9. The summed E-state index contributed by atoms with van der Waals surface area (Å²) in [6, 6.07) is 11.1. The molecule has 0 saturated heterocycles.